The van der Waals surface area contributed by atoms with Gasteiger partial charge >= 0.3 is 11.9 Å². The van der Waals surface area contributed by atoms with E-state index in [1.165, 1.54) is 0 Å². The van der Waals surface area contributed by atoms with E-state index in [4.69, 9.17) is 9.47 Å². The minimum atomic E-state index is -0.586. The Bertz CT molecular complexity index is 565. The summed E-state index contributed by atoms with van der Waals surface area (Å²) >= 11 is 0. The minimum Gasteiger partial charge on any atom is -0.457 e. The molecular formula is C18H26O4. The molecule has 4 heteroatoms. The summed E-state index contributed by atoms with van der Waals surface area (Å²) in [4.78, 5) is 24.9. The summed E-state index contributed by atoms with van der Waals surface area (Å²) < 4.78 is 11.7. The Morgan fingerprint density at radius 2 is 1.91 bits per heavy atom. The van der Waals surface area contributed by atoms with Gasteiger partial charge in [-0.2, -0.15) is 0 Å². The Balaban J connectivity index is 1.58. The Morgan fingerprint density at radius 3 is 2.45 bits per heavy atom. The Hall–Kier alpha value is -1.06. The van der Waals surface area contributed by atoms with E-state index in [1.807, 2.05) is 6.92 Å². The minimum absolute atomic E-state index is 0.00562. The van der Waals surface area contributed by atoms with Crippen LogP contribution in [0.4, 0.5) is 0 Å². The first-order valence-electron chi connectivity index (χ1n) is 8.57. The zero-order chi connectivity index (χ0) is 16.1. The Kier molecular flexibility index (Phi) is 2.56. The number of carbonyl (C=O) groups excluding carboxylic acids is 2. The molecule has 0 N–H and O–H groups in total. The summed E-state index contributed by atoms with van der Waals surface area (Å²) in [5.41, 5.74) is -0.948. The second-order valence-corrected chi connectivity index (χ2v) is 9.06. The summed E-state index contributed by atoms with van der Waals surface area (Å²) in [5.74, 6) is 0.679. The van der Waals surface area contributed by atoms with Crippen molar-refractivity contribution in [3.63, 3.8) is 0 Å². The molecule has 6 unspecified atom stereocenters. The molecule has 4 aliphatic rings. The average Bonchev–Trinajstić information content (AvgIpc) is 2.70. The van der Waals surface area contributed by atoms with Crippen molar-refractivity contribution in [2.24, 2.45) is 34.5 Å². The largest absolute Gasteiger partial charge is 0.457 e. The molecule has 1 heterocycles. The maximum Gasteiger partial charge on any atom is 0.313 e. The van der Waals surface area contributed by atoms with E-state index in [1.54, 1.807) is 0 Å². The van der Waals surface area contributed by atoms with Crippen molar-refractivity contribution in [2.75, 3.05) is 0 Å². The van der Waals surface area contributed by atoms with Crippen LogP contribution in [0.15, 0.2) is 0 Å². The molecule has 0 spiro atoms. The van der Waals surface area contributed by atoms with Gasteiger partial charge in [-0.1, -0.05) is 27.7 Å². The van der Waals surface area contributed by atoms with Crippen molar-refractivity contribution >= 4 is 11.9 Å². The lowest BCUT2D eigenvalue weighted by molar-refractivity contribution is -0.181. The zero-order valence-corrected chi connectivity index (χ0v) is 14.1. The summed E-state index contributed by atoms with van der Waals surface area (Å²) in [7, 11) is 0. The summed E-state index contributed by atoms with van der Waals surface area (Å²) in [5, 5.41) is 0. The van der Waals surface area contributed by atoms with Crippen LogP contribution in [-0.2, 0) is 19.1 Å². The van der Waals surface area contributed by atoms with Crippen LogP contribution in [0.25, 0.3) is 0 Å². The molecule has 6 atom stereocenters. The van der Waals surface area contributed by atoms with E-state index in [2.05, 4.69) is 27.7 Å². The first kappa shape index (κ1) is 14.5. The van der Waals surface area contributed by atoms with Crippen molar-refractivity contribution < 1.29 is 19.1 Å². The molecule has 1 aliphatic heterocycles. The van der Waals surface area contributed by atoms with Gasteiger partial charge in [0.15, 0.2) is 0 Å². The molecule has 0 aromatic carbocycles. The van der Waals surface area contributed by atoms with Crippen LogP contribution < -0.4 is 0 Å². The number of hydrogen-bond acceptors (Lipinski definition) is 4. The van der Waals surface area contributed by atoms with Crippen molar-refractivity contribution in [3.8, 4) is 0 Å². The van der Waals surface area contributed by atoms with Gasteiger partial charge in [0, 0.05) is 11.8 Å². The third-order valence-electron chi connectivity index (χ3n) is 7.34. The van der Waals surface area contributed by atoms with Gasteiger partial charge in [-0.25, -0.2) is 0 Å². The number of fused-ring (bicyclic) bond motifs is 1. The van der Waals surface area contributed by atoms with Crippen LogP contribution in [0.2, 0.25) is 0 Å². The second kappa shape index (κ2) is 3.88. The van der Waals surface area contributed by atoms with Gasteiger partial charge in [0.2, 0.25) is 0 Å². The van der Waals surface area contributed by atoms with Crippen LogP contribution in [0.1, 0.15) is 53.9 Å². The van der Waals surface area contributed by atoms with Crippen LogP contribution in [0.5, 0.6) is 0 Å². The molecule has 4 rings (SSSR count). The summed E-state index contributed by atoms with van der Waals surface area (Å²) in [6, 6.07) is 0. The predicted octanol–water partition coefficient (Wildman–Crippen LogP) is 2.94. The molecular weight excluding hydrogens is 280 g/mol. The number of esters is 2. The lowest BCUT2D eigenvalue weighted by atomic mass is 9.79. The molecule has 122 valence electrons. The highest BCUT2D eigenvalue weighted by atomic mass is 16.6. The van der Waals surface area contributed by atoms with Gasteiger partial charge in [-0.3, -0.25) is 9.59 Å². The molecule has 0 radical (unpaired) electrons. The van der Waals surface area contributed by atoms with Gasteiger partial charge in [-0.05, 0) is 37.5 Å². The van der Waals surface area contributed by atoms with E-state index in [0.29, 0.717) is 5.92 Å². The van der Waals surface area contributed by atoms with Gasteiger partial charge in [-0.15, -0.1) is 0 Å². The molecule has 4 nitrogen and oxygen atoms in total. The Labute approximate surface area is 131 Å². The SMILES string of the molecule is CC(C)C1(C(=O)OC2C3CC4C(=O)OC2(C)C4C3)CC1(C)C. The number of carbonyl (C=O) groups is 2. The highest BCUT2D eigenvalue weighted by Crippen LogP contribution is 2.69. The van der Waals surface area contributed by atoms with Crippen LogP contribution in [-0.4, -0.2) is 23.6 Å². The molecule has 0 aromatic rings. The van der Waals surface area contributed by atoms with Crippen molar-refractivity contribution in [1.29, 1.82) is 0 Å². The van der Waals surface area contributed by atoms with Crippen molar-refractivity contribution in [3.05, 3.63) is 0 Å². The Morgan fingerprint density at radius 1 is 1.27 bits per heavy atom. The molecule has 3 aliphatic carbocycles. The van der Waals surface area contributed by atoms with E-state index in [-0.39, 0.29) is 46.6 Å². The molecule has 1 saturated heterocycles. The molecule has 4 fully saturated rings. The van der Waals surface area contributed by atoms with E-state index in [0.717, 1.165) is 19.3 Å². The smallest absolute Gasteiger partial charge is 0.313 e. The fraction of sp³-hybridized carbons (Fsp3) is 0.889. The van der Waals surface area contributed by atoms with E-state index in [9.17, 15) is 9.59 Å². The molecule has 2 bridgehead atoms. The maximum atomic E-state index is 13.0. The number of hydrogen-bond donors (Lipinski definition) is 0. The van der Waals surface area contributed by atoms with E-state index < -0.39 is 5.60 Å². The molecule has 0 amide bonds. The quantitative estimate of drug-likeness (QED) is 0.752. The second-order valence-electron chi connectivity index (χ2n) is 9.06. The molecule has 0 aromatic heterocycles. The van der Waals surface area contributed by atoms with Gasteiger partial charge in [0.1, 0.15) is 11.7 Å². The summed E-state index contributed by atoms with van der Waals surface area (Å²) in [6.45, 7) is 10.5. The van der Waals surface area contributed by atoms with E-state index >= 15 is 0 Å². The van der Waals surface area contributed by atoms with Gasteiger partial charge in [0.05, 0.1) is 11.3 Å². The highest BCUT2D eigenvalue weighted by molar-refractivity contribution is 5.83. The standard InChI is InChI=1S/C18H26O4/c1-9(2)18(8-16(18,3)4)15(20)21-13-10-6-11-12(7-10)17(13,5)22-14(11)19/h9-13H,6-8H2,1-5H3. The summed E-state index contributed by atoms with van der Waals surface area (Å²) in [6.07, 6.45) is 2.42. The lowest BCUT2D eigenvalue weighted by Gasteiger charge is -2.36. The fourth-order valence-corrected chi connectivity index (χ4v) is 5.98. The number of rotatable bonds is 3. The first-order valence-corrected chi connectivity index (χ1v) is 8.57. The first-order chi connectivity index (χ1) is 10.1. The highest BCUT2D eigenvalue weighted by Gasteiger charge is 2.73. The van der Waals surface area contributed by atoms with Crippen LogP contribution in [0.3, 0.4) is 0 Å². The molecule has 3 saturated carbocycles. The fourth-order valence-electron chi connectivity index (χ4n) is 5.98. The van der Waals surface area contributed by atoms with Gasteiger partial charge in [0.25, 0.3) is 0 Å². The normalized spacial score (nSPS) is 50.4. The maximum absolute atomic E-state index is 13.0. The monoisotopic (exact) mass is 306 g/mol. The van der Waals surface area contributed by atoms with Crippen molar-refractivity contribution in [1.82, 2.24) is 0 Å². The third kappa shape index (κ3) is 1.45. The molecule has 22 heavy (non-hydrogen) atoms. The van der Waals surface area contributed by atoms with Gasteiger partial charge < -0.3 is 9.47 Å². The predicted molar refractivity (Wildman–Crippen MR) is 79.8 cm³/mol. The van der Waals surface area contributed by atoms with Crippen molar-refractivity contribution in [2.45, 2.75) is 65.6 Å². The third-order valence-corrected chi connectivity index (χ3v) is 7.34. The number of ether oxygens (including phenoxy) is 2. The topological polar surface area (TPSA) is 52.6 Å². The lowest BCUT2D eigenvalue weighted by Crippen LogP contribution is -2.48. The zero-order valence-electron chi connectivity index (χ0n) is 14.1. The van der Waals surface area contributed by atoms with Crippen LogP contribution >= 0.6 is 0 Å². The average molecular weight is 306 g/mol. The van der Waals surface area contributed by atoms with Crippen LogP contribution in [0, 0.1) is 34.5 Å².